The minimum Gasteiger partial charge on any atom is -0.508 e. The van der Waals surface area contributed by atoms with Crippen LogP contribution < -0.4 is 0 Å². The fourth-order valence-electron chi connectivity index (χ4n) is 2.74. The van der Waals surface area contributed by atoms with Gasteiger partial charge in [-0.25, -0.2) is 4.98 Å². The van der Waals surface area contributed by atoms with E-state index in [0.29, 0.717) is 5.89 Å². The molecule has 0 fully saturated rings. The predicted molar refractivity (Wildman–Crippen MR) is 104 cm³/mol. The molecule has 3 aromatic carbocycles. The number of rotatable bonds is 4. The summed E-state index contributed by atoms with van der Waals surface area (Å²) in [5, 5.41) is 9.50. The van der Waals surface area contributed by atoms with Gasteiger partial charge in [-0.15, -0.1) is 0 Å². The summed E-state index contributed by atoms with van der Waals surface area (Å²) in [6, 6.07) is 25.5. The van der Waals surface area contributed by atoms with Crippen LogP contribution in [0.5, 0.6) is 5.75 Å². The normalized spacial score (nSPS) is 11.1. The van der Waals surface area contributed by atoms with Crippen LogP contribution in [0.2, 0.25) is 0 Å². The van der Waals surface area contributed by atoms with Crippen molar-refractivity contribution < 1.29 is 9.52 Å². The lowest BCUT2D eigenvalue weighted by Gasteiger charge is -2.02. The Morgan fingerprint density at radius 2 is 1.46 bits per heavy atom. The van der Waals surface area contributed by atoms with Gasteiger partial charge in [-0.2, -0.15) is 0 Å². The van der Waals surface area contributed by atoms with E-state index in [0.717, 1.165) is 22.4 Å². The number of hydrogen-bond donors (Lipinski definition) is 1. The van der Waals surface area contributed by atoms with Crippen molar-refractivity contribution in [1.82, 2.24) is 4.98 Å². The van der Waals surface area contributed by atoms with E-state index >= 15 is 0 Å². The lowest BCUT2D eigenvalue weighted by molar-refractivity contribution is 0.475. The van der Waals surface area contributed by atoms with Crippen molar-refractivity contribution in [3.63, 3.8) is 0 Å². The number of hydrogen-bond acceptors (Lipinski definition) is 3. The molecule has 126 valence electrons. The van der Waals surface area contributed by atoms with E-state index in [2.05, 4.69) is 29.2 Å². The molecule has 1 aromatic heterocycles. The van der Waals surface area contributed by atoms with Crippen LogP contribution in [-0.2, 0) is 0 Å². The molecule has 0 saturated carbocycles. The zero-order valence-corrected chi connectivity index (χ0v) is 14.0. The Kier molecular flexibility index (Phi) is 4.35. The highest BCUT2D eigenvalue weighted by molar-refractivity contribution is 5.70. The van der Waals surface area contributed by atoms with Gasteiger partial charge in [0.15, 0.2) is 0 Å². The second-order valence-corrected chi connectivity index (χ2v) is 5.95. The minimum absolute atomic E-state index is 0.242. The van der Waals surface area contributed by atoms with Crippen molar-refractivity contribution in [2.45, 2.75) is 0 Å². The number of aromatic hydroxyl groups is 1. The molecule has 3 heteroatoms. The van der Waals surface area contributed by atoms with Gasteiger partial charge in [-0.05, 0) is 47.0 Å². The maximum atomic E-state index is 9.50. The maximum absolute atomic E-state index is 9.50. The quantitative estimate of drug-likeness (QED) is 0.504. The highest BCUT2D eigenvalue weighted by Crippen LogP contribution is 2.25. The third kappa shape index (κ3) is 3.57. The van der Waals surface area contributed by atoms with Crippen molar-refractivity contribution in [1.29, 1.82) is 0 Å². The first-order chi connectivity index (χ1) is 12.8. The molecule has 0 aliphatic heterocycles. The van der Waals surface area contributed by atoms with Gasteiger partial charge >= 0.3 is 0 Å². The Morgan fingerprint density at radius 1 is 0.731 bits per heavy atom. The van der Waals surface area contributed by atoms with Crippen LogP contribution in [-0.4, -0.2) is 10.1 Å². The van der Waals surface area contributed by atoms with E-state index in [1.54, 1.807) is 24.5 Å². The van der Waals surface area contributed by atoms with Crippen LogP contribution in [0.1, 0.15) is 11.3 Å². The zero-order chi connectivity index (χ0) is 17.8. The van der Waals surface area contributed by atoms with Gasteiger partial charge in [0.1, 0.15) is 17.7 Å². The van der Waals surface area contributed by atoms with Gasteiger partial charge in [-0.1, -0.05) is 60.7 Å². The Hall–Kier alpha value is -3.59. The Morgan fingerprint density at radius 3 is 2.23 bits per heavy atom. The summed E-state index contributed by atoms with van der Waals surface area (Å²) in [4.78, 5) is 4.50. The van der Waals surface area contributed by atoms with Gasteiger partial charge in [0.2, 0.25) is 5.89 Å². The van der Waals surface area contributed by atoms with E-state index in [1.807, 2.05) is 48.6 Å². The smallest absolute Gasteiger partial charge is 0.226 e. The Balaban J connectivity index is 1.52. The van der Waals surface area contributed by atoms with Gasteiger partial charge in [0, 0.05) is 5.56 Å². The molecule has 0 bridgehead atoms. The fraction of sp³-hybridized carbons (Fsp3) is 0. The molecule has 0 radical (unpaired) electrons. The molecule has 0 spiro atoms. The van der Waals surface area contributed by atoms with Crippen LogP contribution in [0, 0.1) is 0 Å². The molecule has 0 amide bonds. The van der Waals surface area contributed by atoms with Crippen LogP contribution >= 0.6 is 0 Å². The van der Waals surface area contributed by atoms with Gasteiger partial charge in [0.25, 0.3) is 0 Å². The second kappa shape index (κ2) is 7.11. The predicted octanol–water partition coefficient (Wildman–Crippen LogP) is 5.88. The summed E-state index contributed by atoms with van der Waals surface area (Å²) in [7, 11) is 0. The Bertz CT molecular complexity index is 1030. The highest BCUT2D eigenvalue weighted by atomic mass is 16.3. The van der Waals surface area contributed by atoms with Crippen LogP contribution in [0.25, 0.3) is 34.7 Å². The number of oxazole rings is 1. The fourth-order valence-corrected chi connectivity index (χ4v) is 2.74. The lowest BCUT2D eigenvalue weighted by Crippen LogP contribution is -1.80. The average molecular weight is 339 g/mol. The number of phenolic OH excluding ortho intramolecular Hbond substituents is 1. The van der Waals surface area contributed by atoms with Crippen LogP contribution in [0.4, 0.5) is 0 Å². The summed E-state index contributed by atoms with van der Waals surface area (Å²) in [5.41, 5.74) is 4.91. The topological polar surface area (TPSA) is 46.3 Å². The molecular formula is C23H17NO2. The molecule has 0 aliphatic rings. The summed E-state index contributed by atoms with van der Waals surface area (Å²) in [5.74, 6) is 0.826. The van der Waals surface area contributed by atoms with Crippen molar-refractivity contribution in [3.05, 3.63) is 96.4 Å². The summed E-state index contributed by atoms with van der Waals surface area (Å²) in [6.45, 7) is 0. The third-order valence-corrected chi connectivity index (χ3v) is 4.08. The van der Waals surface area contributed by atoms with Crippen molar-refractivity contribution in [2.24, 2.45) is 0 Å². The Labute approximate surface area is 151 Å². The molecule has 3 nitrogen and oxygen atoms in total. The van der Waals surface area contributed by atoms with E-state index in [9.17, 15) is 5.11 Å². The summed E-state index contributed by atoms with van der Waals surface area (Å²) < 4.78 is 5.60. The van der Waals surface area contributed by atoms with E-state index in [1.165, 1.54) is 5.56 Å². The third-order valence-electron chi connectivity index (χ3n) is 4.08. The number of phenols is 1. The molecule has 0 saturated heterocycles. The molecule has 1 heterocycles. The van der Waals surface area contributed by atoms with Crippen molar-refractivity contribution >= 4 is 12.2 Å². The first-order valence-electron chi connectivity index (χ1n) is 8.36. The van der Waals surface area contributed by atoms with Gasteiger partial charge in [0.05, 0.1) is 0 Å². The molecule has 0 atom stereocenters. The minimum atomic E-state index is 0.242. The monoisotopic (exact) mass is 339 g/mol. The van der Waals surface area contributed by atoms with Crippen LogP contribution in [0.3, 0.4) is 0 Å². The standard InChI is InChI=1S/C23H17NO2/c25-22-8-4-5-17(15-22)9-14-21-16-26-23(24-21)20-12-10-19(11-13-20)18-6-2-1-3-7-18/h1-16,25H. The molecule has 0 aliphatic carbocycles. The molecule has 0 unspecified atom stereocenters. The number of aromatic nitrogens is 1. The number of nitrogens with zero attached hydrogens (tertiary/aromatic N) is 1. The highest BCUT2D eigenvalue weighted by Gasteiger charge is 2.06. The molecule has 4 aromatic rings. The summed E-state index contributed by atoms with van der Waals surface area (Å²) in [6.07, 6.45) is 5.37. The van der Waals surface area contributed by atoms with Crippen LogP contribution in [0.15, 0.2) is 89.5 Å². The molecular weight excluding hydrogens is 322 g/mol. The van der Waals surface area contributed by atoms with Crippen molar-refractivity contribution in [3.8, 4) is 28.3 Å². The van der Waals surface area contributed by atoms with E-state index < -0.39 is 0 Å². The lowest BCUT2D eigenvalue weighted by atomic mass is 10.0. The number of benzene rings is 3. The van der Waals surface area contributed by atoms with Crippen molar-refractivity contribution in [2.75, 3.05) is 0 Å². The second-order valence-electron chi connectivity index (χ2n) is 5.95. The first kappa shape index (κ1) is 15.9. The molecule has 26 heavy (non-hydrogen) atoms. The average Bonchev–Trinajstić information content (AvgIpc) is 3.16. The summed E-state index contributed by atoms with van der Waals surface area (Å²) >= 11 is 0. The van der Waals surface area contributed by atoms with Gasteiger partial charge in [-0.3, -0.25) is 0 Å². The zero-order valence-electron chi connectivity index (χ0n) is 14.0. The first-order valence-corrected chi connectivity index (χ1v) is 8.36. The maximum Gasteiger partial charge on any atom is 0.226 e. The van der Waals surface area contributed by atoms with E-state index in [-0.39, 0.29) is 5.75 Å². The molecule has 4 rings (SSSR count). The largest absolute Gasteiger partial charge is 0.508 e. The SMILES string of the molecule is Oc1cccc(C=Cc2coc(-c3ccc(-c4ccccc4)cc3)n2)c1. The van der Waals surface area contributed by atoms with E-state index in [4.69, 9.17) is 4.42 Å². The molecule has 1 N–H and O–H groups in total. The van der Waals surface area contributed by atoms with Gasteiger partial charge < -0.3 is 9.52 Å².